The van der Waals surface area contributed by atoms with Gasteiger partial charge in [-0.2, -0.15) is 0 Å². The van der Waals surface area contributed by atoms with Crippen LogP contribution in [0.2, 0.25) is 0 Å². The van der Waals surface area contributed by atoms with E-state index in [9.17, 15) is 4.79 Å². The molecule has 0 aromatic rings. The Kier molecular flexibility index (Phi) is 5.26. The molecule has 19 heavy (non-hydrogen) atoms. The predicted molar refractivity (Wildman–Crippen MR) is 79.1 cm³/mol. The average molecular weight is 266 g/mol. The Labute approximate surface area is 117 Å². The molecule has 0 radical (unpaired) electrons. The van der Waals surface area contributed by atoms with Crippen LogP contribution in [0.15, 0.2) is 0 Å². The summed E-state index contributed by atoms with van der Waals surface area (Å²) in [6.07, 6.45) is 12.0. The lowest BCUT2D eigenvalue weighted by Gasteiger charge is -2.37. The first-order valence-corrected chi connectivity index (χ1v) is 8.13. The molecule has 2 aliphatic rings. The number of carbonyl (C=O) groups is 1. The molecule has 0 aromatic carbocycles. The van der Waals surface area contributed by atoms with Crippen LogP contribution < -0.4 is 10.6 Å². The molecule has 1 atom stereocenters. The summed E-state index contributed by atoms with van der Waals surface area (Å²) in [5.41, 5.74) is 0.0672. The second kappa shape index (κ2) is 6.74. The number of amides is 1. The van der Waals surface area contributed by atoms with E-state index >= 15 is 0 Å². The first-order chi connectivity index (χ1) is 9.15. The highest BCUT2D eigenvalue weighted by atomic mass is 16.1. The van der Waals surface area contributed by atoms with E-state index in [4.69, 9.17) is 0 Å². The topological polar surface area (TPSA) is 41.1 Å². The van der Waals surface area contributed by atoms with Gasteiger partial charge in [-0.1, -0.05) is 32.1 Å². The Morgan fingerprint density at radius 3 is 2.37 bits per heavy atom. The molecule has 110 valence electrons. The standard InChI is InChI=1S/C16H30N2O/c1-13(14-8-4-5-9-14)18-15(19)12-16(17-2)10-6-3-7-11-16/h13-14,17H,3-12H2,1-2H3,(H,18,19)/t13-/m1/s1. The molecular weight excluding hydrogens is 236 g/mol. The van der Waals surface area contributed by atoms with Crippen molar-refractivity contribution in [2.24, 2.45) is 5.92 Å². The minimum Gasteiger partial charge on any atom is -0.353 e. The Balaban J connectivity index is 1.81. The van der Waals surface area contributed by atoms with Gasteiger partial charge in [0.25, 0.3) is 0 Å². The summed E-state index contributed by atoms with van der Waals surface area (Å²) in [5.74, 6) is 0.955. The molecule has 0 aliphatic heterocycles. The normalized spacial score (nSPS) is 25.2. The highest BCUT2D eigenvalue weighted by Crippen LogP contribution is 2.31. The fourth-order valence-electron chi connectivity index (χ4n) is 3.93. The van der Waals surface area contributed by atoms with Crippen LogP contribution in [0.4, 0.5) is 0 Å². The smallest absolute Gasteiger partial charge is 0.222 e. The monoisotopic (exact) mass is 266 g/mol. The van der Waals surface area contributed by atoms with Crippen LogP contribution >= 0.6 is 0 Å². The summed E-state index contributed by atoms with van der Waals surface area (Å²) in [6.45, 7) is 2.18. The summed E-state index contributed by atoms with van der Waals surface area (Å²) in [7, 11) is 2.01. The SMILES string of the molecule is CNC1(CC(=O)N[C@H](C)C2CCCC2)CCCCC1. The molecule has 1 amide bonds. The molecule has 2 rings (SSSR count). The van der Waals surface area contributed by atoms with Crippen LogP contribution in [0.25, 0.3) is 0 Å². The van der Waals surface area contributed by atoms with Crippen molar-refractivity contribution in [2.45, 2.75) is 82.7 Å². The van der Waals surface area contributed by atoms with E-state index in [-0.39, 0.29) is 11.4 Å². The molecule has 3 nitrogen and oxygen atoms in total. The number of rotatable bonds is 5. The lowest BCUT2D eigenvalue weighted by atomic mass is 9.79. The summed E-state index contributed by atoms with van der Waals surface area (Å²) in [5, 5.41) is 6.68. The largest absolute Gasteiger partial charge is 0.353 e. The molecule has 2 saturated carbocycles. The fraction of sp³-hybridized carbons (Fsp3) is 0.938. The van der Waals surface area contributed by atoms with Crippen molar-refractivity contribution < 1.29 is 4.79 Å². The van der Waals surface area contributed by atoms with Crippen LogP contribution in [0.3, 0.4) is 0 Å². The fourth-order valence-corrected chi connectivity index (χ4v) is 3.93. The third-order valence-corrected chi connectivity index (χ3v) is 5.34. The van der Waals surface area contributed by atoms with Crippen molar-refractivity contribution in [1.29, 1.82) is 0 Å². The summed E-state index contributed by atoms with van der Waals surface area (Å²) in [4.78, 5) is 12.3. The number of hydrogen-bond donors (Lipinski definition) is 2. The van der Waals surface area contributed by atoms with Crippen LogP contribution in [-0.2, 0) is 4.79 Å². The van der Waals surface area contributed by atoms with Crippen molar-refractivity contribution in [1.82, 2.24) is 10.6 Å². The van der Waals surface area contributed by atoms with Gasteiger partial charge in [-0.05, 0) is 45.6 Å². The van der Waals surface area contributed by atoms with Gasteiger partial charge in [0, 0.05) is 18.0 Å². The molecule has 2 aliphatic carbocycles. The van der Waals surface area contributed by atoms with E-state index in [0.717, 1.165) is 12.8 Å². The Morgan fingerprint density at radius 1 is 1.16 bits per heavy atom. The summed E-state index contributed by atoms with van der Waals surface area (Å²) < 4.78 is 0. The van der Waals surface area contributed by atoms with Gasteiger partial charge in [-0.3, -0.25) is 4.79 Å². The molecular formula is C16H30N2O. The summed E-state index contributed by atoms with van der Waals surface area (Å²) in [6, 6.07) is 0.354. The van der Waals surface area contributed by atoms with Gasteiger partial charge >= 0.3 is 0 Å². The van der Waals surface area contributed by atoms with Gasteiger partial charge in [0.15, 0.2) is 0 Å². The molecule has 0 saturated heterocycles. The van der Waals surface area contributed by atoms with Gasteiger partial charge in [0.1, 0.15) is 0 Å². The van der Waals surface area contributed by atoms with Crippen LogP contribution in [0.5, 0.6) is 0 Å². The maximum atomic E-state index is 12.3. The molecule has 0 heterocycles. The first kappa shape index (κ1) is 14.8. The number of nitrogens with one attached hydrogen (secondary N) is 2. The predicted octanol–water partition coefficient (Wildman–Crippen LogP) is 2.99. The second-order valence-corrected chi connectivity index (χ2v) is 6.67. The van der Waals surface area contributed by atoms with Gasteiger partial charge in [-0.15, -0.1) is 0 Å². The maximum absolute atomic E-state index is 12.3. The molecule has 0 spiro atoms. The van der Waals surface area contributed by atoms with E-state index < -0.39 is 0 Å². The highest BCUT2D eigenvalue weighted by molar-refractivity contribution is 5.77. The van der Waals surface area contributed by atoms with Gasteiger partial charge < -0.3 is 10.6 Å². The maximum Gasteiger partial charge on any atom is 0.222 e. The zero-order chi connectivity index (χ0) is 13.7. The van der Waals surface area contributed by atoms with Crippen molar-refractivity contribution >= 4 is 5.91 Å². The lowest BCUT2D eigenvalue weighted by molar-refractivity contribution is -0.123. The zero-order valence-electron chi connectivity index (χ0n) is 12.6. The molecule has 2 fully saturated rings. The quantitative estimate of drug-likeness (QED) is 0.803. The average Bonchev–Trinajstić information content (AvgIpc) is 2.93. The van der Waals surface area contributed by atoms with Crippen molar-refractivity contribution in [3.05, 3.63) is 0 Å². The van der Waals surface area contributed by atoms with E-state index in [1.807, 2.05) is 7.05 Å². The van der Waals surface area contributed by atoms with Crippen LogP contribution in [-0.4, -0.2) is 24.5 Å². The van der Waals surface area contributed by atoms with Crippen LogP contribution in [0.1, 0.15) is 71.1 Å². The summed E-state index contributed by atoms with van der Waals surface area (Å²) >= 11 is 0. The van der Waals surface area contributed by atoms with E-state index in [1.165, 1.54) is 44.9 Å². The van der Waals surface area contributed by atoms with E-state index in [0.29, 0.717) is 18.4 Å². The molecule has 0 unspecified atom stereocenters. The van der Waals surface area contributed by atoms with Crippen LogP contribution in [0, 0.1) is 5.92 Å². The van der Waals surface area contributed by atoms with Crippen molar-refractivity contribution in [3.63, 3.8) is 0 Å². The van der Waals surface area contributed by atoms with Crippen molar-refractivity contribution in [3.8, 4) is 0 Å². The van der Waals surface area contributed by atoms with E-state index in [1.54, 1.807) is 0 Å². The zero-order valence-corrected chi connectivity index (χ0v) is 12.6. The molecule has 0 bridgehead atoms. The lowest BCUT2D eigenvalue weighted by Crippen LogP contribution is -2.49. The third kappa shape index (κ3) is 3.95. The Morgan fingerprint density at radius 2 is 1.79 bits per heavy atom. The highest BCUT2D eigenvalue weighted by Gasteiger charge is 2.33. The Bertz CT molecular complexity index is 291. The van der Waals surface area contributed by atoms with Crippen molar-refractivity contribution in [2.75, 3.05) is 7.05 Å². The third-order valence-electron chi connectivity index (χ3n) is 5.34. The minimum atomic E-state index is 0.0672. The molecule has 2 N–H and O–H groups in total. The van der Waals surface area contributed by atoms with E-state index in [2.05, 4.69) is 17.6 Å². The first-order valence-electron chi connectivity index (χ1n) is 8.13. The number of hydrogen-bond acceptors (Lipinski definition) is 2. The molecule has 3 heteroatoms. The second-order valence-electron chi connectivity index (χ2n) is 6.67. The molecule has 0 aromatic heterocycles. The van der Waals surface area contributed by atoms with Gasteiger partial charge in [-0.25, -0.2) is 0 Å². The van der Waals surface area contributed by atoms with Gasteiger partial charge in [0.2, 0.25) is 5.91 Å². The minimum absolute atomic E-state index is 0.0672. The van der Waals surface area contributed by atoms with Gasteiger partial charge in [0.05, 0.1) is 0 Å². The Hall–Kier alpha value is -0.570. The number of carbonyl (C=O) groups excluding carboxylic acids is 1.